The van der Waals surface area contributed by atoms with Crippen LogP contribution >= 0.6 is 0 Å². The number of carbonyl (C=O) groups excluding carboxylic acids is 4. The fourth-order valence-electron chi connectivity index (χ4n) is 1.51. The molecular weight excluding hydrogens is 300 g/mol. The predicted molar refractivity (Wildman–Crippen MR) is 62.2 cm³/mol. The SMILES string of the molecule is Cc1ccc(N(C(=O)F)C(=O)F)cc1N(C(=O)F)C(=O)F. The Kier molecular flexibility index (Phi) is 4.74. The zero-order valence-electron chi connectivity index (χ0n) is 10.3. The van der Waals surface area contributed by atoms with Gasteiger partial charge >= 0.3 is 24.6 Å². The van der Waals surface area contributed by atoms with Gasteiger partial charge in [0.15, 0.2) is 0 Å². The highest BCUT2D eigenvalue weighted by Gasteiger charge is 2.28. The maximum absolute atomic E-state index is 12.7. The minimum absolute atomic E-state index is 0.0340. The van der Waals surface area contributed by atoms with Gasteiger partial charge in [-0.3, -0.25) is 0 Å². The first-order chi connectivity index (χ1) is 9.66. The van der Waals surface area contributed by atoms with E-state index in [4.69, 9.17) is 0 Å². The predicted octanol–water partition coefficient (Wildman–Crippen LogP) is 3.97. The van der Waals surface area contributed by atoms with Crippen LogP contribution in [0.2, 0.25) is 0 Å². The van der Waals surface area contributed by atoms with Crippen molar-refractivity contribution in [1.82, 2.24) is 0 Å². The summed E-state index contributed by atoms with van der Waals surface area (Å²) in [5.41, 5.74) is -1.52. The minimum atomic E-state index is -2.50. The quantitative estimate of drug-likeness (QED) is 0.471. The van der Waals surface area contributed by atoms with Gasteiger partial charge in [0, 0.05) is 0 Å². The molecule has 0 spiro atoms. The normalized spacial score (nSPS) is 9.95. The van der Waals surface area contributed by atoms with Crippen molar-refractivity contribution in [2.75, 3.05) is 9.80 Å². The molecule has 0 saturated carbocycles. The molecule has 1 aromatic carbocycles. The van der Waals surface area contributed by atoms with Crippen LogP contribution in [0.3, 0.4) is 0 Å². The second-order valence-corrected chi connectivity index (χ2v) is 3.65. The molecule has 0 aliphatic carbocycles. The van der Waals surface area contributed by atoms with E-state index in [0.29, 0.717) is 6.07 Å². The van der Waals surface area contributed by atoms with E-state index in [1.54, 1.807) is 0 Å². The molecule has 1 aromatic rings. The molecule has 1 rings (SSSR count). The summed E-state index contributed by atoms with van der Waals surface area (Å²) >= 11 is 0. The third kappa shape index (κ3) is 3.41. The summed E-state index contributed by atoms with van der Waals surface area (Å²) in [6.45, 7) is 1.22. The van der Waals surface area contributed by atoms with Crippen molar-refractivity contribution in [1.29, 1.82) is 0 Å². The third-order valence-corrected chi connectivity index (χ3v) is 2.40. The van der Waals surface area contributed by atoms with Crippen LogP contribution in [0.25, 0.3) is 0 Å². The fraction of sp³-hybridized carbons (Fsp3) is 0.0909. The Morgan fingerprint density at radius 3 is 1.62 bits per heavy atom. The largest absolute Gasteiger partial charge is 0.413 e. The second-order valence-electron chi connectivity index (χ2n) is 3.65. The zero-order valence-corrected chi connectivity index (χ0v) is 10.3. The lowest BCUT2D eigenvalue weighted by Crippen LogP contribution is -2.32. The Labute approximate surface area is 114 Å². The molecule has 4 amide bonds. The van der Waals surface area contributed by atoms with Crippen LogP contribution in [-0.2, 0) is 0 Å². The van der Waals surface area contributed by atoms with Crippen LogP contribution in [0, 0.1) is 6.92 Å². The van der Waals surface area contributed by atoms with Crippen molar-refractivity contribution in [2.45, 2.75) is 6.92 Å². The van der Waals surface area contributed by atoms with E-state index in [9.17, 15) is 36.7 Å². The number of hydrogen-bond donors (Lipinski definition) is 0. The molecule has 0 saturated heterocycles. The van der Waals surface area contributed by atoms with Crippen LogP contribution in [-0.4, -0.2) is 24.6 Å². The van der Waals surface area contributed by atoms with Crippen molar-refractivity contribution in [3.63, 3.8) is 0 Å². The summed E-state index contributed by atoms with van der Waals surface area (Å²) in [5.74, 6) is 0. The van der Waals surface area contributed by atoms with Gasteiger partial charge in [0.25, 0.3) is 0 Å². The van der Waals surface area contributed by atoms with Crippen LogP contribution < -0.4 is 9.80 Å². The van der Waals surface area contributed by atoms with Gasteiger partial charge in [-0.2, -0.15) is 9.80 Å². The summed E-state index contributed by atoms with van der Waals surface area (Å²) in [7, 11) is 0. The number of carbonyl (C=O) groups is 4. The molecule has 21 heavy (non-hydrogen) atoms. The summed E-state index contributed by atoms with van der Waals surface area (Å²) in [6, 6.07) is 2.39. The van der Waals surface area contributed by atoms with E-state index < -0.39 is 45.8 Å². The Balaban J connectivity index is 3.46. The highest BCUT2D eigenvalue weighted by molar-refractivity contribution is 6.11. The highest BCUT2D eigenvalue weighted by Crippen LogP contribution is 2.28. The lowest BCUT2D eigenvalue weighted by molar-refractivity contribution is 0.211. The second kappa shape index (κ2) is 6.11. The zero-order chi connectivity index (χ0) is 16.3. The van der Waals surface area contributed by atoms with Gasteiger partial charge in [-0.15, -0.1) is 17.6 Å². The Bertz CT molecular complexity index is 607. The number of imide groups is 2. The molecule has 6 nitrogen and oxygen atoms in total. The summed E-state index contributed by atoms with van der Waals surface area (Å²) in [6.07, 6.45) is -9.98. The van der Waals surface area contributed by atoms with E-state index in [0.717, 1.165) is 12.1 Å². The van der Waals surface area contributed by atoms with Gasteiger partial charge in [-0.05, 0) is 24.6 Å². The third-order valence-electron chi connectivity index (χ3n) is 2.40. The Morgan fingerprint density at radius 1 is 0.810 bits per heavy atom. The van der Waals surface area contributed by atoms with Gasteiger partial charge < -0.3 is 0 Å². The molecule has 0 radical (unpaired) electrons. The fourth-order valence-corrected chi connectivity index (χ4v) is 1.51. The average Bonchev–Trinajstić information content (AvgIpc) is 2.31. The molecule has 0 N–H and O–H groups in total. The number of halogens is 4. The van der Waals surface area contributed by atoms with Crippen LogP contribution in [0.4, 0.5) is 48.1 Å². The molecule has 112 valence electrons. The molecule has 0 aromatic heterocycles. The van der Waals surface area contributed by atoms with Crippen molar-refractivity contribution < 1.29 is 36.7 Å². The van der Waals surface area contributed by atoms with Crippen molar-refractivity contribution in [2.24, 2.45) is 0 Å². The number of nitrogens with zero attached hydrogens (tertiary/aromatic N) is 2. The minimum Gasteiger partial charge on any atom is -0.233 e. The number of benzene rings is 1. The first-order valence-corrected chi connectivity index (χ1v) is 5.15. The maximum Gasteiger partial charge on any atom is 0.413 e. The molecule has 0 aliphatic rings. The van der Waals surface area contributed by atoms with E-state index in [1.807, 2.05) is 0 Å². The van der Waals surface area contributed by atoms with Crippen molar-refractivity contribution in [3.05, 3.63) is 23.8 Å². The number of anilines is 2. The summed E-state index contributed by atoms with van der Waals surface area (Å²) in [4.78, 5) is 41.1. The monoisotopic (exact) mass is 306 g/mol. The molecular formula is C11H6F4N2O4. The molecule has 0 unspecified atom stereocenters. The van der Waals surface area contributed by atoms with E-state index in [-0.39, 0.29) is 5.56 Å². The van der Waals surface area contributed by atoms with E-state index in [1.165, 1.54) is 6.92 Å². The molecule has 0 aliphatic heterocycles. The Hall–Kier alpha value is -2.78. The van der Waals surface area contributed by atoms with Crippen molar-refractivity contribution in [3.8, 4) is 0 Å². The highest BCUT2D eigenvalue weighted by atomic mass is 19.2. The lowest BCUT2D eigenvalue weighted by atomic mass is 10.1. The van der Waals surface area contributed by atoms with E-state index in [2.05, 4.69) is 0 Å². The number of amides is 4. The lowest BCUT2D eigenvalue weighted by Gasteiger charge is -2.18. The molecule has 0 fully saturated rings. The number of aryl methyl sites for hydroxylation is 1. The smallest absolute Gasteiger partial charge is 0.233 e. The topological polar surface area (TPSA) is 74.8 Å². The van der Waals surface area contributed by atoms with Crippen LogP contribution in [0.5, 0.6) is 0 Å². The van der Waals surface area contributed by atoms with Gasteiger partial charge in [0.1, 0.15) is 0 Å². The molecule has 10 heteroatoms. The summed E-state index contributed by atoms with van der Waals surface area (Å²) in [5, 5.41) is 0. The van der Waals surface area contributed by atoms with Gasteiger partial charge in [0.2, 0.25) is 0 Å². The molecule has 0 bridgehead atoms. The van der Waals surface area contributed by atoms with Crippen molar-refractivity contribution >= 4 is 36.0 Å². The first kappa shape index (κ1) is 16.3. The standard InChI is InChI=1S/C11H6F4N2O4/c1-5-2-3-6(16(8(12)18)9(13)19)4-7(5)17(10(14)20)11(15)21/h2-4H,1H3. The Morgan fingerprint density at radius 2 is 1.24 bits per heavy atom. The summed E-state index contributed by atoms with van der Waals surface area (Å²) < 4.78 is 50.5. The average molecular weight is 306 g/mol. The number of rotatable bonds is 2. The number of hydrogen-bond acceptors (Lipinski definition) is 4. The maximum atomic E-state index is 12.7. The molecule has 0 atom stereocenters. The van der Waals surface area contributed by atoms with Gasteiger partial charge in [-0.25, -0.2) is 19.2 Å². The van der Waals surface area contributed by atoms with Crippen LogP contribution in [0.15, 0.2) is 18.2 Å². The van der Waals surface area contributed by atoms with E-state index >= 15 is 0 Å². The molecule has 0 heterocycles. The van der Waals surface area contributed by atoms with Crippen LogP contribution in [0.1, 0.15) is 5.56 Å². The van der Waals surface area contributed by atoms with Gasteiger partial charge in [0.05, 0.1) is 11.4 Å². The first-order valence-electron chi connectivity index (χ1n) is 5.15. The van der Waals surface area contributed by atoms with Gasteiger partial charge in [-0.1, -0.05) is 6.07 Å².